The number of benzene rings is 3. The second-order valence-electron chi connectivity index (χ2n) is 9.29. The first-order valence-corrected chi connectivity index (χ1v) is 12.4. The second-order valence-corrected chi connectivity index (χ2v) is 9.29. The third kappa shape index (κ3) is 5.40. The molecule has 10 heteroatoms. The number of ether oxygens (including phenoxy) is 3. The van der Waals surface area contributed by atoms with Crippen molar-refractivity contribution in [3.63, 3.8) is 0 Å². The van der Waals surface area contributed by atoms with Crippen LogP contribution in [0.25, 0.3) is 0 Å². The number of imide groups is 1. The summed E-state index contributed by atoms with van der Waals surface area (Å²) in [5.41, 5.74) is 3.06. The molecule has 5 rings (SSSR count). The standard InChI is InChI=1S/C29H27N3O7/c1-17-5-3-4-6-23(17)39-21-11-9-20(10-12-21)30-29(36)38-16-19-8-7-18-15-32(28(35)25(18)26(19)37-2)22-13-14-24(33)31-27(22)34/h3-12,22H,13-16H2,1-2H3,(H,30,36)(H,31,33,34). The van der Waals surface area contributed by atoms with E-state index in [2.05, 4.69) is 10.6 Å². The molecular weight excluding hydrogens is 502 g/mol. The van der Waals surface area contributed by atoms with Crippen molar-refractivity contribution < 1.29 is 33.4 Å². The minimum atomic E-state index is -0.730. The van der Waals surface area contributed by atoms with E-state index < -0.39 is 18.0 Å². The number of methoxy groups -OCH3 is 1. The van der Waals surface area contributed by atoms with Crippen LogP contribution in [0.4, 0.5) is 10.5 Å². The lowest BCUT2D eigenvalue weighted by Gasteiger charge is -2.29. The largest absolute Gasteiger partial charge is 0.495 e. The van der Waals surface area contributed by atoms with E-state index in [-0.39, 0.29) is 43.6 Å². The van der Waals surface area contributed by atoms with Crippen LogP contribution in [0.5, 0.6) is 17.2 Å². The van der Waals surface area contributed by atoms with Gasteiger partial charge >= 0.3 is 6.09 Å². The van der Waals surface area contributed by atoms with E-state index >= 15 is 0 Å². The molecule has 2 aliphatic heterocycles. The number of piperidine rings is 1. The van der Waals surface area contributed by atoms with Gasteiger partial charge in [-0.1, -0.05) is 30.3 Å². The molecule has 2 aliphatic rings. The van der Waals surface area contributed by atoms with Crippen molar-refractivity contribution in [2.75, 3.05) is 12.4 Å². The highest BCUT2D eigenvalue weighted by atomic mass is 16.5. The van der Waals surface area contributed by atoms with Crippen molar-refractivity contribution in [2.45, 2.75) is 39.0 Å². The SMILES string of the molecule is COc1c(COC(=O)Nc2ccc(Oc3ccccc3C)cc2)ccc2c1C(=O)N(C1CCC(=O)NC1=O)C2. The summed E-state index contributed by atoms with van der Waals surface area (Å²) in [5.74, 6) is 0.471. The maximum Gasteiger partial charge on any atom is 0.411 e. The zero-order valence-corrected chi connectivity index (χ0v) is 21.5. The number of nitrogens with one attached hydrogen (secondary N) is 2. The van der Waals surface area contributed by atoms with E-state index in [1.807, 2.05) is 31.2 Å². The van der Waals surface area contributed by atoms with Gasteiger partial charge in [0.05, 0.1) is 12.7 Å². The molecule has 10 nitrogen and oxygen atoms in total. The minimum absolute atomic E-state index is 0.136. The fourth-order valence-corrected chi connectivity index (χ4v) is 4.71. The van der Waals surface area contributed by atoms with Crippen molar-refractivity contribution in [3.05, 3.63) is 82.9 Å². The number of carbonyl (C=O) groups excluding carboxylic acids is 4. The lowest BCUT2D eigenvalue weighted by molar-refractivity contribution is -0.136. The predicted octanol–water partition coefficient (Wildman–Crippen LogP) is 4.31. The normalized spacial score (nSPS) is 16.4. The molecule has 3 aromatic carbocycles. The van der Waals surface area contributed by atoms with E-state index in [0.717, 1.165) is 11.3 Å². The highest BCUT2D eigenvalue weighted by Gasteiger charge is 2.41. The molecule has 0 aromatic heterocycles. The number of rotatable bonds is 7. The molecule has 0 spiro atoms. The molecule has 1 atom stereocenters. The third-order valence-electron chi connectivity index (χ3n) is 6.71. The molecule has 4 amide bonds. The van der Waals surface area contributed by atoms with Crippen molar-refractivity contribution in [1.82, 2.24) is 10.2 Å². The van der Waals surface area contributed by atoms with Crippen LogP contribution >= 0.6 is 0 Å². The van der Waals surface area contributed by atoms with Crippen molar-refractivity contribution >= 4 is 29.5 Å². The highest BCUT2D eigenvalue weighted by Crippen LogP contribution is 2.36. The van der Waals surface area contributed by atoms with E-state index in [4.69, 9.17) is 14.2 Å². The summed E-state index contributed by atoms with van der Waals surface area (Å²) in [5, 5.41) is 4.95. The van der Waals surface area contributed by atoms with Gasteiger partial charge in [0.25, 0.3) is 5.91 Å². The average Bonchev–Trinajstić information content (AvgIpc) is 3.25. The molecule has 2 N–H and O–H groups in total. The Hall–Kier alpha value is -4.86. The van der Waals surface area contributed by atoms with Crippen LogP contribution in [-0.4, -0.2) is 41.9 Å². The van der Waals surface area contributed by atoms with Gasteiger partial charge in [-0.3, -0.25) is 25.0 Å². The smallest absolute Gasteiger partial charge is 0.411 e. The quantitative estimate of drug-likeness (QED) is 0.437. The molecular formula is C29H27N3O7. The molecule has 2 heterocycles. The van der Waals surface area contributed by atoms with Gasteiger partial charge in [0, 0.05) is 24.2 Å². The number of fused-ring (bicyclic) bond motifs is 1. The summed E-state index contributed by atoms with van der Waals surface area (Å²) >= 11 is 0. The van der Waals surface area contributed by atoms with Gasteiger partial charge in [-0.2, -0.15) is 0 Å². The van der Waals surface area contributed by atoms with Crippen LogP contribution in [0.1, 0.15) is 39.9 Å². The summed E-state index contributed by atoms with van der Waals surface area (Å²) in [4.78, 5) is 51.0. The molecule has 1 unspecified atom stereocenters. The fourth-order valence-electron chi connectivity index (χ4n) is 4.71. The number of aryl methyl sites for hydroxylation is 1. The number of hydrogen-bond donors (Lipinski definition) is 2. The van der Waals surface area contributed by atoms with Crippen molar-refractivity contribution in [3.8, 4) is 17.2 Å². The topological polar surface area (TPSA) is 123 Å². The van der Waals surface area contributed by atoms with Crippen LogP contribution in [0, 0.1) is 6.92 Å². The molecule has 0 bridgehead atoms. The molecule has 200 valence electrons. The monoisotopic (exact) mass is 529 g/mol. The predicted molar refractivity (Wildman–Crippen MR) is 141 cm³/mol. The maximum absolute atomic E-state index is 13.2. The average molecular weight is 530 g/mol. The molecule has 3 aromatic rings. The molecule has 0 saturated carbocycles. The fraction of sp³-hybridized carbons (Fsp3) is 0.241. The number of carbonyl (C=O) groups is 4. The lowest BCUT2D eigenvalue weighted by Crippen LogP contribution is -2.52. The first-order valence-electron chi connectivity index (χ1n) is 12.4. The van der Waals surface area contributed by atoms with E-state index in [9.17, 15) is 19.2 Å². The van der Waals surface area contributed by atoms with Crippen LogP contribution < -0.4 is 20.1 Å². The van der Waals surface area contributed by atoms with E-state index in [1.165, 1.54) is 12.0 Å². The summed E-state index contributed by atoms with van der Waals surface area (Å²) < 4.78 is 16.8. The second kappa shape index (κ2) is 10.9. The Kier molecular flexibility index (Phi) is 7.18. The van der Waals surface area contributed by atoms with Gasteiger partial charge in [0.2, 0.25) is 11.8 Å². The summed E-state index contributed by atoms with van der Waals surface area (Å²) in [6.45, 7) is 2.05. The van der Waals surface area contributed by atoms with Gasteiger partial charge < -0.3 is 19.1 Å². The van der Waals surface area contributed by atoms with Gasteiger partial charge in [-0.15, -0.1) is 0 Å². The minimum Gasteiger partial charge on any atom is -0.495 e. The Labute approximate surface area is 224 Å². The van der Waals surface area contributed by atoms with Crippen LogP contribution in [0.2, 0.25) is 0 Å². The van der Waals surface area contributed by atoms with Crippen LogP contribution in [0.3, 0.4) is 0 Å². The number of nitrogens with zero attached hydrogens (tertiary/aromatic N) is 1. The van der Waals surface area contributed by atoms with E-state index in [0.29, 0.717) is 28.1 Å². The zero-order valence-electron chi connectivity index (χ0n) is 21.5. The Morgan fingerprint density at radius 2 is 1.82 bits per heavy atom. The van der Waals surface area contributed by atoms with Crippen LogP contribution in [-0.2, 0) is 27.5 Å². The Bertz CT molecular complexity index is 1450. The first-order chi connectivity index (χ1) is 18.8. The zero-order chi connectivity index (χ0) is 27.5. The summed E-state index contributed by atoms with van der Waals surface area (Å²) in [6.07, 6.45) is -0.242. The Morgan fingerprint density at radius 3 is 2.54 bits per heavy atom. The van der Waals surface area contributed by atoms with Crippen LogP contribution in [0.15, 0.2) is 60.7 Å². The Morgan fingerprint density at radius 1 is 1.05 bits per heavy atom. The number of anilines is 1. The first kappa shape index (κ1) is 25.8. The summed E-state index contributed by atoms with van der Waals surface area (Å²) in [7, 11) is 1.43. The number of para-hydroxylation sites is 1. The molecule has 0 aliphatic carbocycles. The lowest BCUT2D eigenvalue weighted by atomic mass is 10.0. The highest BCUT2D eigenvalue weighted by molar-refractivity contribution is 6.06. The van der Waals surface area contributed by atoms with Gasteiger partial charge in [-0.25, -0.2) is 4.79 Å². The molecule has 1 fully saturated rings. The third-order valence-corrected chi connectivity index (χ3v) is 6.71. The number of hydrogen-bond acceptors (Lipinski definition) is 7. The van der Waals surface area contributed by atoms with Gasteiger partial charge in [0.1, 0.15) is 29.9 Å². The molecule has 1 saturated heterocycles. The van der Waals surface area contributed by atoms with Crippen molar-refractivity contribution in [2.24, 2.45) is 0 Å². The van der Waals surface area contributed by atoms with E-state index in [1.54, 1.807) is 36.4 Å². The van der Waals surface area contributed by atoms with Gasteiger partial charge in [0.15, 0.2) is 0 Å². The number of amides is 4. The maximum atomic E-state index is 13.2. The van der Waals surface area contributed by atoms with Gasteiger partial charge in [-0.05, 0) is 54.8 Å². The van der Waals surface area contributed by atoms with Crippen molar-refractivity contribution in [1.29, 1.82) is 0 Å². The summed E-state index contributed by atoms with van der Waals surface area (Å²) in [6, 6.07) is 17.3. The molecule has 0 radical (unpaired) electrons. The molecule has 39 heavy (non-hydrogen) atoms. The Balaban J connectivity index is 1.21.